The number of thioether (sulfide) groups is 1. The van der Waals surface area contributed by atoms with E-state index in [-0.39, 0.29) is 5.88 Å². The predicted molar refractivity (Wildman–Crippen MR) is 79.0 cm³/mol. The Balaban J connectivity index is 2.41. The molecule has 2 N–H and O–H groups in total. The number of hydrogen-bond acceptors (Lipinski definition) is 4. The molecule has 0 aliphatic carbocycles. The first kappa shape index (κ1) is 13.6. The number of furan rings is 1. The topological polar surface area (TPSA) is 62.9 Å². The molecule has 0 fully saturated rings. The van der Waals surface area contributed by atoms with Crippen molar-refractivity contribution in [3.63, 3.8) is 0 Å². The van der Waals surface area contributed by atoms with Crippen molar-refractivity contribution < 1.29 is 4.42 Å². The number of aryl methyl sites for hydroxylation is 1. The zero-order valence-corrected chi connectivity index (χ0v) is 12.0. The highest BCUT2D eigenvalue weighted by molar-refractivity contribution is 7.99. The van der Waals surface area contributed by atoms with Crippen molar-refractivity contribution in [2.75, 3.05) is 5.73 Å². The second-order valence-electron chi connectivity index (χ2n) is 4.58. The molecule has 0 spiro atoms. The first-order chi connectivity index (χ1) is 9.02. The highest BCUT2D eigenvalue weighted by Crippen LogP contribution is 2.34. The lowest BCUT2D eigenvalue weighted by atomic mass is 10.0. The standard InChI is InChI=1S/C15H16N2OS/c1-9(2)19-12-6-4-11(5-7-12)14-10(3)18-15(17)13(14)8-16/h4-7,9H,17H2,1-3H3. The van der Waals surface area contributed by atoms with Crippen LogP contribution in [-0.4, -0.2) is 5.25 Å². The molecule has 0 bridgehead atoms. The van der Waals surface area contributed by atoms with Crippen LogP contribution in [0.1, 0.15) is 25.2 Å². The van der Waals surface area contributed by atoms with Crippen molar-refractivity contribution in [2.45, 2.75) is 30.9 Å². The van der Waals surface area contributed by atoms with Gasteiger partial charge >= 0.3 is 0 Å². The third kappa shape index (κ3) is 2.77. The van der Waals surface area contributed by atoms with E-state index in [0.717, 1.165) is 11.1 Å². The quantitative estimate of drug-likeness (QED) is 0.850. The number of anilines is 1. The summed E-state index contributed by atoms with van der Waals surface area (Å²) in [5, 5.41) is 9.70. The van der Waals surface area contributed by atoms with E-state index in [1.54, 1.807) is 0 Å². The van der Waals surface area contributed by atoms with Gasteiger partial charge in [0.2, 0.25) is 5.88 Å². The third-order valence-corrected chi connectivity index (χ3v) is 3.75. The van der Waals surface area contributed by atoms with Gasteiger partial charge in [-0.25, -0.2) is 0 Å². The van der Waals surface area contributed by atoms with Crippen LogP contribution in [0.4, 0.5) is 5.88 Å². The summed E-state index contributed by atoms with van der Waals surface area (Å²) < 4.78 is 5.34. The normalized spacial score (nSPS) is 10.7. The van der Waals surface area contributed by atoms with Crippen molar-refractivity contribution in [3.8, 4) is 17.2 Å². The van der Waals surface area contributed by atoms with E-state index in [1.165, 1.54) is 4.90 Å². The zero-order chi connectivity index (χ0) is 14.0. The molecular formula is C15H16N2OS. The van der Waals surface area contributed by atoms with Gasteiger partial charge in [-0.1, -0.05) is 26.0 Å². The summed E-state index contributed by atoms with van der Waals surface area (Å²) in [6.07, 6.45) is 0. The molecule has 0 atom stereocenters. The monoisotopic (exact) mass is 272 g/mol. The Kier molecular flexibility index (Phi) is 3.87. The number of nitrogen functional groups attached to an aromatic ring is 1. The highest BCUT2D eigenvalue weighted by Gasteiger charge is 2.17. The summed E-state index contributed by atoms with van der Waals surface area (Å²) in [7, 11) is 0. The Morgan fingerprint density at radius 3 is 2.42 bits per heavy atom. The van der Waals surface area contributed by atoms with Crippen molar-refractivity contribution in [2.24, 2.45) is 0 Å². The SMILES string of the molecule is Cc1oc(N)c(C#N)c1-c1ccc(SC(C)C)cc1. The lowest BCUT2D eigenvalue weighted by molar-refractivity contribution is 0.554. The first-order valence-corrected chi connectivity index (χ1v) is 6.97. The van der Waals surface area contributed by atoms with Gasteiger partial charge in [0.25, 0.3) is 0 Å². The Hall–Kier alpha value is -1.86. The van der Waals surface area contributed by atoms with Gasteiger partial charge in [0.15, 0.2) is 0 Å². The fourth-order valence-corrected chi connectivity index (χ4v) is 2.83. The number of nitrogens with two attached hydrogens (primary N) is 1. The average molecular weight is 272 g/mol. The molecule has 0 unspecified atom stereocenters. The van der Waals surface area contributed by atoms with Crippen LogP contribution in [0.5, 0.6) is 0 Å². The van der Waals surface area contributed by atoms with E-state index in [4.69, 9.17) is 15.4 Å². The lowest BCUT2D eigenvalue weighted by Gasteiger charge is -2.06. The lowest BCUT2D eigenvalue weighted by Crippen LogP contribution is -1.88. The Morgan fingerprint density at radius 1 is 1.26 bits per heavy atom. The largest absolute Gasteiger partial charge is 0.444 e. The van der Waals surface area contributed by atoms with Gasteiger partial charge in [-0.2, -0.15) is 5.26 Å². The average Bonchev–Trinajstić information content (AvgIpc) is 2.64. The summed E-state index contributed by atoms with van der Waals surface area (Å²) in [6, 6.07) is 10.2. The van der Waals surface area contributed by atoms with Crippen molar-refractivity contribution in [1.82, 2.24) is 0 Å². The van der Waals surface area contributed by atoms with E-state index >= 15 is 0 Å². The van der Waals surface area contributed by atoms with Gasteiger partial charge in [0.05, 0.1) is 0 Å². The molecule has 1 aromatic carbocycles. The van der Waals surface area contributed by atoms with Crippen molar-refractivity contribution in [3.05, 3.63) is 35.6 Å². The van der Waals surface area contributed by atoms with Crippen LogP contribution < -0.4 is 5.73 Å². The second-order valence-corrected chi connectivity index (χ2v) is 6.23. The Morgan fingerprint density at radius 2 is 1.89 bits per heavy atom. The smallest absolute Gasteiger partial charge is 0.209 e. The molecule has 1 aromatic heterocycles. The zero-order valence-electron chi connectivity index (χ0n) is 11.2. The van der Waals surface area contributed by atoms with Gasteiger partial charge < -0.3 is 10.2 Å². The van der Waals surface area contributed by atoms with Crippen LogP contribution in [-0.2, 0) is 0 Å². The summed E-state index contributed by atoms with van der Waals surface area (Å²) in [4.78, 5) is 1.21. The summed E-state index contributed by atoms with van der Waals surface area (Å²) in [6.45, 7) is 6.14. The maximum Gasteiger partial charge on any atom is 0.209 e. The van der Waals surface area contributed by atoms with Crippen molar-refractivity contribution in [1.29, 1.82) is 5.26 Å². The van der Waals surface area contributed by atoms with Gasteiger partial charge in [-0.05, 0) is 24.6 Å². The fourth-order valence-electron chi connectivity index (χ4n) is 2.00. The minimum absolute atomic E-state index is 0.190. The number of nitriles is 1. The number of hydrogen-bond donors (Lipinski definition) is 1. The molecule has 3 nitrogen and oxygen atoms in total. The van der Waals surface area contributed by atoms with Gasteiger partial charge in [-0.3, -0.25) is 0 Å². The predicted octanol–water partition coefficient (Wildman–Crippen LogP) is 4.21. The van der Waals surface area contributed by atoms with Crippen LogP contribution in [0.2, 0.25) is 0 Å². The van der Waals surface area contributed by atoms with E-state index in [2.05, 4.69) is 32.0 Å². The van der Waals surface area contributed by atoms with E-state index in [0.29, 0.717) is 16.6 Å². The van der Waals surface area contributed by atoms with Gasteiger partial charge in [-0.15, -0.1) is 11.8 Å². The number of benzene rings is 1. The molecule has 0 aliphatic rings. The summed E-state index contributed by atoms with van der Waals surface area (Å²) >= 11 is 1.81. The van der Waals surface area contributed by atoms with Crippen LogP contribution >= 0.6 is 11.8 Å². The van der Waals surface area contributed by atoms with E-state index in [1.807, 2.05) is 30.8 Å². The molecule has 98 valence electrons. The van der Waals surface area contributed by atoms with E-state index in [9.17, 15) is 0 Å². The van der Waals surface area contributed by atoms with Crippen LogP contribution in [0.25, 0.3) is 11.1 Å². The molecular weight excluding hydrogens is 256 g/mol. The minimum atomic E-state index is 0.190. The molecule has 0 saturated carbocycles. The van der Waals surface area contributed by atoms with Crippen molar-refractivity contribution >= 4 is 17.6 Å². The summed E-state index contributed by atoms with van der Waals surface area (Å²) in [5.74, 6) is 0.869. The van der Waals surface area contributed by atoms with Gasteiger partial charge in [0.1, 0.15) is 17.4 Å². The number of rotatable bonds is 3. The van der Waals surface area contributed by atoms with E-state index < -0.39 is 0 Å². The molecule has 0 amide bonds. The maximum atomic E-state index is 9.15. The molecule has 0 saturated heterocycles. The molecule has 2 rings (SSSR count). The second kappa shape index (κ2) is 5.41. The first-order valence-electron chi connectivity index (χ1n) is 6.09. The Labute approximate surface area is 117 Å². The Bertz CT molecular complexity index is 621. The minimum Gasteiger partial charge on any atom is -0.444 e. The van der Waals surface area contributed by atoms with Crippen LogP contribution in [0.3, 0.4) is 0 Å². The molecule has 4 heteroatoms. The van der Waals surface area contributed by atoms with Gasteiger partial charge in [0, 0.05) is 15.7 Å². The molecule has 1 heterocycles. The molecule has 2 aromatic rings. The highest BCUT2D eigenvalue weighted by atomic mass is 32.2. The molecule has 0 aliphatic heterocycles. The molecule has 19 heavy (non-hydrogen) atoms. The third-order valence-electron chi connectivity index (χ3n) is 2.74. The van der Waals surface area contributed by atoms with Crippen LogP contribution in [0, 0.1) is 18.3 Å². The summed E-state index contributed by atoms with van der Waals surface area (Å²) in [5.41, 5.74) is 7.86. The maximum absolute atomic E-state index is 9.15. The number of nitrogens with zero attached hydrogens (tertiary/aromatic N) is 1. The molecule has 0 radical (unpaired) electrons. The van der Waals surface area contributed by atoms with Crippen LogP contribution in [0.15, 0.2) is 33.6 Å². The fraction of sp³-hybridized carbons (Fsp3) is 0.267.